The third kappa shape index (κ3) is 3.38. The number of carbonyl (C=O) groups excluding carboxylic acids is 1. The van der Waals surface area contributed by atoms with Gasteiger partial charge in [0.15, 0.2) is 5.78 Å². The molecule has 2 atom stereocenters. The van der Waals surface area contributed by atoms with Gasteiger partial charge in [0, 0.05) is 12.2 Å². The molecule has 0 aliphatic carbocycles. The fourth-order valence-corrected chi connectivity index (χ4v) is 1.94. The molecule has 0 bridgehead atoms. The summed E-state index contributed by atoms with van der Waals surface area (Å²) in [6.07, 6.45) is 1.89. The van der Waals surface area contributed by atoms with Gasteiger partial charge in [-0.1, -0.05) is 30.3 Å². The third-order valence-electron chi connectivity index (χ3n) is 2.98. The van der Waals surface area contributed by atoms with Crippen LogP contribution in [-0.2, 0) is 9.47 Å². The van der Waals surface area contributed by atoms with Crippen LogP contribution in [0.4, 0.5) is 0 Å². The van der Waals surface area contributed by atoms with E-state index < -0.39 is 6.10 Å². The lowest BCUT2D eigenvalue weighted by molar-refractivity contribution is -0.00759. The van der Waals surface area contributed by atoms with E-state index in [9.17, 15) is 4.79 Å². The third-order valence-corrected chi connectivity index (χ3v) is 2.98. The first-order valence-corrected chi connectivity index (χ1v) is 6.10. The molecule has 92 valence electrons. The van der Waals surface area contributed by atoms with Gasteiger partial charge in [0.25, 0.3) is 0 Å². The number of hydrogen-bond donors (Lipinski definition) is 0. The van der Waals surface area contributed by atoms with Gasteiger partial charge >= 0.3 is 0 Å². The highest BCUT2D eigenvalue weighted by molar-refractivity contribution is 5.99. The molecule has 1 aliphatic rings. The lowest BCUT2D eigenvalue weighted by atomic mass is 10.1. The molecule has 0 spiro atoms. The van der Waals surface area contributed by atoms with Crippen molar-refractivity contribution >= 4 is 5.78 Å². The maximum atomic E-state index is 12.0. The quantitative estimate of drug-likeness (QED) is 0.734. The molecule has 1 fully saturated rings. The Balaban J connectivity index is 1.83. The van der Waals surface area contributed by atoms with E-state index >= 15 is 0 Å². The Morgan fingerprint density at radius 1 is 1.47 bits per heavy atom. The van der Waals surface area contributed by atoms with Gasteiger partial charge in [0.1, 0.15) is 6.10 Å². The summed E-state index contributed by atoms with van der Waals surface area (Å²) in [6.45, 7) is 3.12. The van der Waals surface area contributed by atoms with Crippen LogP contribution in [0.2, 0.25) is 0 Å². The minimum atomic E-state index is -0.401. The minimum Gasteiger partial charge on any atom is -0.376 e. The predicted octanol–water partition coefficient (Wildman–Crippen LogP) is 2.45. The van der Waals surface area contributed by atoms with E-state index in [1.807, 2.05) is 30.3 Å². The molecule has 17 heavy (non-hydrogen) atoms. The van der Waals surface area contributed by atoms with E-state index in [1.165, 1.54) is 0 Å². The van der Waals surface area contributed by atoms with Gasteiger partial charge in [0.2, 0.25) is 0 Å². The van der Waals surface area contributed by atoms with Crippen molar-refractivity contribution in [2.24, 2.45) is 0 Å². The Morgan fingerprint density at radius 3 is 2.88 bits per heavy atom. The van der Waals surface area contributed by atoms with E-state index in [2.05, 4.69) is 0 Å². The van der Waals surface area contributed by atoms with Crippen LogP contribution >= 0.6 is 0 Å². The average molecular weight is 234 g/mol. The summed E-state index contributed by atoms with van der Waals surface area (Å²) >= 11 is 0. The fourth-order valence-electron chi connectivity index (χ4n) is 1.94. The van der Waals surface area contributed by atoms with Crippen LogP contribution in [0.5, 0.6) is 0 Å². The lowest BCUT2D eigenvalue weighted by Crippen LogP contribution is -2.25. The molecule has 1 heterocycles. The molecule has 0 N–H and O–H groups in total. The Hall–Kier alpha value is -1.19. The summed E-state index contributed by atoms with van der Waals surface area (Å²) in [5.74, 6) is 0.0311. The van der Waals surface area contributed by atoms with Crippen molar-refractivity contribution < 1.29 is 14.3 Å². The van der Waals surface area contributed by atoms with Gasteiger partial charge < -0.3 is 9.47 Å². The molecular weight excluding hydrogens is 216 g/mol. The molecule has 1 saturated heterocycles. The topological polar surface area (TPSA) is 35.5 Å². The number of Topliss-reactive ketones (excluding diaryl/α,β-unsaturated/α-hetero) is 1. The Morgan fingerprint density at radius 2 is 2.24 bits per heavy atom. The standard InChI is InChI=1S/C14H18O3/c1-11(17-10-13-8-5-9-16-13)14(15)12-6-3-2-4-7-12/h2-4,6-7,11,13H,5,8-10H2,1H3. The molecule has 0 amide bonds. The van der Waals surface area contributed by atoms with Crippen LogP contribution in [0.1, 0.15) is 30.1 Å². The maximum absolute atomic E-state index is 12.0. The molecule has 1 aromatic carbocycles. The zero-order valence-corrected chi connectivity index (χ0v) is 10.1. The van der Waals surface area contributed by atoms with E-state index in [0.29, 0.717) is 12.2 Å². The molecule has 0 saturated carbocycles. The SMILES string of the molecule is CC(OCC1CCCO1)C(=O)c1ccccc1. The predicted molar refractivity (Wildman–Crippen MR) is 65.2 cm³/mol. The molecule has 1 aromatic rings. The van der Waals surface area contributed by atoms with E-state index in [-0.39, 0.29) is 11.9 Å². The number of ketones is 1. The summed E-state index contributed by atoms with van der Waals surface area (Å²) < 4.78 is 11.0. The summed E-state index contributed by atoms with van der Waals surface area (Å²) in [6, 6.07) is 9.25. The molecule has 3 nitrogen and oxygen atoms in total. The van der Waals surface area contributed by atoms with Crippen LogP contribution in [0, 0.1) is 0 Å². The van der Waals surface area contributed by atoms with E-state index in [1.54, 1.807) is 6.92 Å². The molecule has 0 aromatic heterocycles. The second-order valence-corrected chi connectivity index (χ2v) is 4.34. The highest BCUT2D eigenvalue weighted by Gasteiger charge is 2.20. The van der Waals surface area contributed by atoms with Crippen LogP contribution in [0.3, 0.4) is 0 Å². The van der Waals surface area contributed by atoms with Crippen LogP contribution in [0.25, 0.3) is 0 Å². The molecule has 3 heteroatoms. The Labute approximate surface area is 102 Å². The molecule has 2 rings (SSSR count). The second kappa shape index (κ2) is 5.94. The van der Waals surface area contributed by atoms with Gasteiger partial charge in [0.05, 0.1) is 12.7 Å². The molecule has 1 aliphatic heterocycles. The molecular formula is C14H18O3. The normalized spacial score (nSPS) is 21.4. The van der Waals surface area contributed by atoms with Gasteiger partial charge in [-0.15, -0.1) is 0 Å². The van der Waals surface area contributed by atoms with Crippen molar-refractivity contribution in [3.05, 3.63) is 35.9 Å². The van der Waals surface area contributed by atoms with Gasteiger partial charge in [-0.3, -0.25) is 4.79 Å². The van der Waals surface area contributed by atoms with Gasteiger partial charge in [-0.2, -0.15) is 0 Å². The minimum absolute atomic E-state index is 0.0311. The lowest BCUT2D eigenvalue weighted by Gasteiger charge is -2.15. The average Bonchev–Trinajstić information content (AvgIpc) is 2.89. The fraction of sp³-hybridized carbons (Fsp3) is 0.500. The maximum Gasteiger partial charge on any atom is 0.191 e. The van der Waals surface area contributed by atoms with Crippen molar-refractivity contribution in [1.29, 1.82) is 0 Å². The van der Waals surface area contributed by atoms with Crippen molar-refractivity contribution in [1.82, 2.24) is 0 Å². The van der Waals surface area contributed by atoms with Gasteiger partial charge in [-0.05, 0) is 19.8 Å². The number of benzene rings is 1. The summed E-state index contributed by atoms with van der Waals surface area (Å²) in [4.78, 5) is 12.0. The van der Waals surface area contributed by atoms with E-state index in [0.717, 1.165) is 19.4 Å². The Bertz CT molecular complexity index is 355. The molecule has 0 radical (unpaired) electrons. The molecule has 2 unspecified atom stereocenters. The number of rotatable bonds is 5. The van der Waals surface area contributed by atoms with Crippen LogP contribution in [-0.4, -0.2) is 31.2 Å². The van der Waals surface area contributed by atoms with Crippen molar-refractivity contribution in [3.63, 3.8) is 0 Å². The summed E-state index contributed by atoms with van der Waals surface area (Å²) in [5.41, 5.74) is 0.701. The zero-order valence-electron chi connectivity index (χ0n) is 10.1. The second-order valence-electron chi connectivity index (χ2n) is 4.34. The highest BCUT2D eigenvalue weighted by atomic mass is 16.5. The van der Waals surface area contributed by atoms with Crippen molar-refractivity contribution in [2.45, 2.75) is 32.0 Å². The van der Waals surface area contributed by atoms with Gasteiger partial charge in [-0.25, -0.2) is 0 Å². The van der Waals surface area contributed by atoms with Crippen molar-refractivity contribution in [3.8, 4) is 0 Å². The zero-order chi connectivity index (χ0) is 12.1. The first-order valence-electron chi connectivity index (χ1n) is 6.10. The summed E-state index contributed by atoms with van der Waals surface area (Å²) in [7, 11) is 0. The van der Waals surface area contributed by atoms with Crippen LogP contribution in [0.15, 0.2) is 30.3 Å². The summed E-state index contributed by atoms with van der Waals surface area (Å²) in [5, 5.41) is 0. The first-order chi connectivity index (χ1) is 8.27. The highest BCUT2D eigenvalue weighted by Crippen LogP contribution is 2.14. The van der Waals surface area contributed by atoms with E-state index in [4.69, 9.17) is 9.47 Å². The number of ether oxygens (including phenoxy) is 2. The largest absolute Gasteiger partial charge is 0.376 e. The smallest absolute Gasteiger partial charge is 0.191 e. The Kier molecular flexibility index (Phi) is 4.29. The number of carbonyl (C=O) groups is 1. The van der Waals surface area contributed by atoms with Crippen LogP contribution < -0.4 is 0 Å². The van der Waals surface area contributed by atoms with Crippen molar-refractivity contribution in [2.75, 3.05) is 13.2 Å². The first kappa shape index (κ1) is 12.3. The number of hydrogen-bond acceptors (Lipinski definition) is 3. The monoisotopic (exact) mass is 234 g/mol.